The molecule has 0 N–H and O–H groups in total. The highest BCUT2D eigenvalue weighted by Crippen LogP contribution is 2.42. The molecule has 0 aliphatic carbocycles. The maximum absolute atomic E-state index is 14.0. The molecule has 1 unspecified atom stereocenters. The van der Waals surface area contributed by atoms with Gasteiger partial charge in [-0.1, -0.05) is 29.8 Å². The average molecular weight is 505 g/mol. The highest BCUT2D eigenvalue weighted by atomic mass is 32.2. The zero-order valence-corrected chi connectivity index (χ0v) is 21.5. The van der Waals surface area contributed by atoms with Gasteiger partial charge in [0.1, 0.15) is 6.17 Å². The van der Waals surface area contributed by atoms with Crippen LogP contribution in [0.1, 0.15) is 38.8 Å². The number of ether oxygens (including phenoxy) is 2. The van der Waals surface area contributed by atoms with Crippen molar-refractivity contribution in [3.63, 3.8) is 0 Å². The summed E-state index contributed by atoms with van der Waals surface area (Å²) in [4.78, 5) is 12.2. The Morgan fingerprint density at radius 3 is 2.25 bits per heavy atom. The molecule has 0 fully saturated rings. The van der Waals surface area contributed by atoms with Gasteiger partial charge in [0.2, 0.25) is 10.0 Å². The van der Waals surface area contributed by atoms with Gasteiger partial charge in [-0.3, -0.25) is 4.79 Å². The van der Waals surface area contributed by atoms with Crippen LogP contribution in [-0.2, 0) is 16.4 Å². The molecule has 5 rings (SSSR count). The summed E-state index contributed by atoms with van der Waals surface area (Å²) in [5, 5.41) is 0.774. The Labute approximate surface area is 210 Å². The monoisotopic (exact) mass is 504 g/mol. The molecule has 0 saturated heterocycles. The number of carbonyl (C=O) groups is 1. The van der Waals surface area contributed by atoms with E-state index < -0.39 is 16.2 Å². The number of fused-ring (bicyclic) bond motifs is 2. The second-order valence-electron chi connectivity index (χ2n) is 9.09. The third-order valence-electron chi connectivity index (χ3n) is 6.84. The van der Waals surface area contributed by atoms with Gasteiger partial charge in [-0.25, -0.2) is 8.42 Å². The van der Waals surface area contributed by atoms with Crippen LogP contribution in [0.4, 0.5) is 0 Å². The van der Waals surface area contributed by atoms with Crippen LogP contribution >= 0.6 is 0 Å². The minimum Gasteiger partial charge on any atom is -0.493 e. The average Bonchev–Trinajstić information content (AvgIpc) is 3.24. The third-order valence-corrected chi connectivity index (χ3v) is 8.70. The molecule has 1 aromatic heterocycles. The van der Waals surface area contributed by atoms with Crippen LogP contribution in [-0.4, -0.2) is 44.3 Å². The number of sulfonamides is 1. The van der Waals surface area contributed by atoms with Crippen molar-refractivity contribution < 1.29 is 22.7 Å². The summed E-state index contributed by atoms with van der Waals surface area (Å²) in [5.41, 5.74) is 5.03. The number of aldehydes is 1. The predicted octanol–water partition coefficient (Wildman–Crippen LogP) is 4.88. The Morgan fingerprint density at radius 2 is 1.58 bits per heavy atom. The highest BCUT2D eigenvalue weighted by Gasteiger charge is 2.39. The van der Waals surface area contributed by atoms with Crippen molar-refractivity contribution >= 4 is 27.2 Å². The normalized spacial score (nSPS) is 16.1. The summed E-state index contributed by atoms with van der Waals surface area (Å²) in [5.74, 6) is 1.10. The molecule has 1 aliphatic rings. The summed E-state index contributed by atoms with van der Waals surface area (Å²) < 4.78 is 42.6. The fourth-order valence-corrected chi connectivity index (χ4v) is 6.53. The Balaban J connectivity index is 1.80. The van der Waals surface area contributed by atoms with Gasteiger partial charge >= 0.3 is 0 Å². The SMILES string of the molecule is COc1cc2c(cc1OC)C(n1cc(C=O)c3ccc(C)cc31)N(S(=O)(=O)c1ccc(C)cc1)CC2. The van der Waals surface area contributed by atoms with Crippen molar-refractivity contribution in [1.82, 2.24) is 8.87 Å². The smallest absolute Gasteiger partial charge is 0.245 e. The first-order valence-electron chi connectivity index (χ1n) is 11.7. The number of hydrogen-bond donors (Lipinski definition) is 0. The van der Waals surface area contributed by atoms with Crippen molar-refractivity contribution in [1.29, 1.82) is 0 Å². The molecule has 0 saturated carbocycles. The first kappa shape index (κ1) is 24.1. The number of methoxy groups -OCH3 is 2. The van der Waals surface area contributed by atoms with E-state index in [9.17, 15) is 13.2 Å². The molecular weight excluding hydrogens is 476 g/mol. The molecule has 0 amide bonds. The fourth-order valence-electron chi connectivity index (χ4n) is 4.97. The molecule has 3 aromatic carbocycles. The minimum atomic E-state index is -3.88. The Bertz CT molecular complexity index is 1570. The molecule has 0 spiro atoms. The molecule has 4 aromatic rings. The van der Waals surface area contributed by atoms with Crippen LogP contribution in [0.2, 0.25) is 0 Å². The molecule has 0 radical (unpaired) electrons. The van der Waals surface area contributed by atoms with Crippen LogP contribution < -0.4 is 9.47 Å². The van der Waals surface area contributed by atoms with Gasteiger partial charge in [-0.05, 0) is 67.3 Å². The Kier molecular flexibility index (Phi) is 6.10. The van der Waals surface area contributed by atoms with Crippen LogP contribution in [0.25, 0.3) is 10.9 Å². The fraction of sp³-hybridized carbons (Fsp3) is 0.250. The Hall–Kier alpha value is -3.62. The molecular formula is C28H28N2O5S. The van der Waals surface area contributed by atoms with Crippen molar-refractivity contribution in [2.75, 3.05) is 20.8 Å². The molecule has 2 heterocycles. The van der Waals surface area contributed by atoms with E-state index in [2.05, 4.69) is 0 Å². The molecule has 36 heavy (non-hydrogen) atoms. The number of hydrogen-bond acceptors (Lipinski definition) is 5. The van der Waals surface area contributed by atoms with Gasteiger partial charge in [0.05, 0.1) is 24.6 Å². The van der Waals surface area contributed by atoms with E-state index in [1.807, 2.05) is 48.7 Å². The van der Waals surface area contributed by atoms with Gasteiger partial charge in [-0.15, -0.1) is 0 Å². The van der Waals surface area contributed by atoms with Gasteiger partial charge < -0.3 is 14.0 Å². The van der Waals surface area contributed by atoms with E-state index in [-0.39, 0.29) is 11.4 Å². The second kappa shape index (κ2) is 9.11. The summed E-state index contributed by atoms with van der Waals surface area (Å²) in [6.07, 6.45) is 2.34. The number of rotatable bonds is 6. The van der Waals surface area contributed by atoms with Gasteiger partial charge in [-0.2, -0.15) is 4.31 Å². The number of aromatic nitrogens is 1. The number of carbonyl (C=O) groups excluding carboxylic acids is 1. The van der Waals surface area contributed by atoms with Crippen LogP contribution in [0.15, 0.2) is 65.7 Å². The lowest BCUT2D eigenvalue weighted by Gasteiger charge is -2.38. The largest absolute Gasteiger partial charge is 0.493 e. The summed E-state index contributed by atoms with van der Waals surface area (Å²) >= 11 is 0. The highest BCUT2D eigenvalue weighted by molar-refractivity contribution is 7.89. The van der Waals surface area contributed by atoms with Crippen LogP contribution in [0.3, 0.4) is 0 Å². The molecule has 186 valence electrons. The standard InChI is InChI=1S/C28H28N2O5S/c1-18-5-8-22(9-6-18)36(32,33)30-12-11-20-14-26(34-3)27(35-4)15-24(20)28(30)29-16-21(17-31)23-10-7-19(2)13-25(23)29/h5-10,13-17,28H,11-12H2,1-4H3. The number of aryl methyl sites for hydroxylation is 2. The van der Waals surface area contributed by atoms with E-state index in [0.29, 0.717) is 23.5 Å². The maximum Gasteiger partial charge on any atom is 0.245 e. The lowest BCUT2D eigenvalue weighted by Crippen LogP contribution is -2.43. The van der Waals surface area contributed by atoms with Gasteiger partial charge in [0, 0.05) is 23.7 Å². The summed E-state index contributed by atoms with van der Waals surface area (Å²) in [6.45, 7) is 4.16. The topological polar surface area (TPSA) is 77.8 Å². The molecule has 7 nitrogen and oxygen atoms in total. The van der Waals surface area contributed by atoms with Crippen LogP contribution in [0.5, 0.6) is 11.5 Å². The molecule has 1 aliphatic heterocycles. The van der Waals surface area contributed by atoms with Gasteiger partial charge in [0.15, 0.2) is 17.8 Å². The molecule has 0 bridgehead atoms. The van der Waals surface area contributed by atoms with E-state index >= 15 is 0 Å². The lowest BCUT2D eigenvalue weighted by molar-refractivity contribution is 0.112. The maximum atomic E-state index is 14.0. The van der Waals surface area contributed by atoms with Crippen molar-refractivity contribution in [3.8, 4) is 11.5 Å². The van der Waals surface area contributed by atoms with E-state index in [4.69, 9.17) is 9.47 Å². The zero-order valence-electron chi connectivity index (χ0n) is 20.7. The first-order valence-corrected chi connectivity index (χ1v) is 13.1. The number of nitrogens with zero attached hydrogens (tertiary/aromatic N) is 2. The van der Waals surface area contributed by atoms with E-state index in [1.54, 1.807) is 44.7 Å². The van der Waals surface area contributed by atoms with E-state index in [0.717, 1.165) is 39.4 Å². The summed E-state index contributed by atoms with van der Waals surface area (Å²) in [7, 11) is -0.740. The third kappa shape index (κ3) is 3.86. The minimum absolute atomic E-state index is 0.227. The predicted molar refractivity (Wildman–Crippen MR) is 139 cm³/mol. The van der Waals surface area contributed by atoms with Crippen molar-refractivity contribution in [2.24, 2.45) is 0 Å². The van der Waals surface area contributed by atoms with Crippen LogP contribution in [0, 0.1) is 13.8 Å². The Morgan fingerprint density at radius 1 is 0.917 bits per heavy atom. The molecule has 8 heteroatoms. The second-order valence-corrected chi connectivity index (χ2v) is 11.0. The van der Waals surface area contributed by atoms with Crippen molar-refractivity contribution in [2.45, 2.75) is 31.3 Å². The summed E-state index contributed by atoms with van der Waals surface area (Å²) in [6, 6.07) is 16.5. The quantitative estimate of drug-likeness (QED) is 0.350. The number of benzene rings is 3. The van der Waals surface area contributed by atoms with Gasteiger partial charge in [0.25, 0.3) is 0 Å². The zero-order chi connectivity index (χ0) is 25.6. The lowest BCUT2D eigenvalue weighted by atomic mass is 9.97. The first-order chi connectivity index (χ1) is 17.3. The molecule has 1 atom stereocenters. The van der Waals surface area contributed by atoms with E-state index in [1.165, 1.54) is 4.31 Å². The van der Waals surface area contributed by atoms with Crippen molar-refractivity contribution in [3.05, 3.63) is 88.6 Å².